The van der Waals surface area contributed by atoms with Gasteiger partial charge in [0.25, 0.3) is 0 Å². The van der Waals surface area contributed by atoms with E-state index in [-0.39, 0.29) is 6.61 Å². The number of nitrogens with zero attached hydrogens (tertiary/aromatic N) is 1. The van der Waals surface area contributed by atoms with Gasteiger partial charge < -0.3 is 15.2 Å². The molecule has 3 aromatic rings. The van der Waals surface area contributed by atoms with E-state index in [1.165, 1.54) is 0 Å². The number of hydrogen-bond donors (Lipinski definition) is 2. The third-order valence-corrected chi connectivity index (χ3v) is 4.15. The van der Waals surface area contributed by atoms with Crippen molar-refractivity contribution in [2.75, 3.05) is 6.54 Å². The minimum atomic E-state index is -0.0358. The molecule has 0 spiro atoms. The van der Waals surface area contributed by atoms with Gasteiger partial charge in [0.2, 0.25) is 0 Å². The van der Waals surface area contributed by atoms with E-state index in [2.05, 4.69) is 10.3 Å². The Morgan fingerprint density at radius 1 is 0.923 bits per heavy atom. The standard InChI is InChI=1S/C22H24N2O2/c25-16-20-14-19(15-23-13-11-21-8-4-5-12-24-21)9-10-22(20)26-17-18-6-2-1-3-7-18/h1-10,12,14,23,25H,11,13,15-17H2. The molecule has 0 aliphatic carbocycles. The minimum Gasteiger partial charge on any atom is -0.489 e. The van der Waals surface area contributed by atoms with E-state index in [1.807, 2.05) is 72.9 Å². The van der Waals surface area contributed by atoms with Crippen molar-refractivity contribution in [1.82, 2.24) is 10.3 Å². The van der Waals surface area contributed by atoms with Crippen molar-refractivity contribution in [3.63, 3.8) is 0 Å². The Hall–Kier alpha value is -2.69. The van der Waals surface area contributed by atoms with Crippen LogP contribution in [0.4, 0.5) is 0 Å². The summed E-state index contributed by atoms with van der Waals surface area (Å²) < 4.78 is 5.86. The molecule has 0 amide bonds. The number of ether oxygens (including phenoxy) is 1. The summed E-state index contributed by atoms with van der Waals surface area (Å²) in [6.45, 7) is 2.07. The zero-order valence-corrected chi connectivity index (χ0v) is 14.8. The molecule has 4 nitrogen and oxygen atoms in total. The number of hydrogen-bond acceptors (Lipinski definition) is 4. The molecule has 0 aliphatic heterocycles. The van der Waals surface area contributed by atoms with Gasteiger partial charge in [-0.05, 0) is 35.4 Å². The lowest BCUT2D eigenvalue weighted by molar-refractivity contribution is 0.259. The van der Waals surface area contributed by atoms with Gasteiger partial charge in [-0.1, -0.05) is 42.5 Å². The molecule has 0 radical (unpaired) electrons. The molecule has 26 heavy (non-hydrogen) atoms. The van der Waals surface area contributed by atoms with Crippen molar-refractivity contribution < 1.29 is 9.84 Å². The van der Waals surface area contributed by atoms with Gasteiger partial charge in [-0.3, -0.25) is 4.98 Å². The van der Waals surface area contributed by atoms with Crippen LogP contribution in [0.15, 0.2) is 72.9 Å². The van der Waals surface area contributed by atoms with E-state index in [4.69, 9.17) is 4.74 Å². The van der Waals surface area contributed by atoms with Crippen molar-refractivity contribution in [2.24, 2.45) is 0 Å². The predicted molar refractivity (Wildman–Crippen MR) is 103 cm³/mol. The maximum absolute atomic E-state index is 9.65. The second-order valence-electron chi connectivity index (χ2n) is 6.12. The fourth-order valence-electron chi connectivity index (χ4n) is 2.74. The zero-order chi connectivity index (χ0) is 18.0. The number of aromatic nitrogens is 1. The molecule has 1 heterocycles. The highest BCUT2D eigenvalue weighted by atomic mass is 16.5. The van der Waals surface area contributed by atoms with E-state index >= 15 is 0 Å². The van der Waals surface area contributed by atoms with Crippen LogP contribution in [0.3, 0.4) is 0 Å². The average Bonchev–Trinajstić information content (AvgIpc) is 2.71. The summed E-state index contributed by atoms with van der Waals surface area (Å²) in [6.07, 6.45) is 2.71. The first-order valence-corrected chi connectivity index (χ1v) is 8.85. The van der Waals surface area contributed by atoms with Crippen molar-refractivity contribution in [2.45, 2.75) is 26.2 Å². The zero-order valence-electron chi connectivity index (χ0n) is 14.8. The van der Waals surface area contributed by atoms with Crippen LogP contribution < -0.4 is 10.1 Å². The van der Waals surface area contributed by atoms with Gasteiger partial charge in [-0.25, -0.2) is 0 Å². The molecule has 0 fully saturated rings. The number of aliphatic hydroxyl groups excluding tert-OH is 1. The molecule has 0 unspecified atom stereocenters. The molecule has 0 aliphatic rings. The normalized spacial score (nSPS) is 10.7. The van der Waals surface area contributed by atoms with Crippen molar-refractivity contribution in [3.8, 4) is 5.75 Å². The second kappa shape index (κ2) is 9.70. The SMILES string of the molecule is OCc1cc(CNCCc2ccccn2)ccc1OCc1ccccc1. The molecule has 3 rings (SSSR count). The van der Waals surface area contributed by atoms with Crippen LogP contribution in [0.25, 0.3) is 0 Å². The molecule has 0 atom stereocenters. The Morgan fingerprint density at radius 3 is 2.54 bits per heavy atom. The highest BCUT2D eigenvalue weighted by molar-refractivity contribution is 5.37. The van der Waals surface area contributed by atoms with E-state index in [9.17, 15) is 5.11 Å². The summed E-state index contributed by atoms with van der Waals surface area (Å²) in [5, 5.41) is 13.1. The molecule has 1 aromatic heterocycles. The number of rotatable bonds is 9. The summed E-state index contributed by atoms with van der Waals surface area (Å²) in [7, 11) is 0. The van der Waals surface area contributed by atoms with Crippen LogP contribution in [0.2, 0.25) is 0 Å². The number of pyridine rings is 1. The molecular weight excluding hydrogens is 324 g/mol. The van der Waals surface area contributed by atoms with E-state index in [1.54, 1.807) is 0 Å². The average molecular weight is 348 g/mol. The molecule has 0 bridgehead atoms. The quantitative estimate of drug-likeness (QED) is 0.581. The summed E-state index contributed by atoms with van der Waals surface area (Å²) in [6, 6.07) is 21.9. The molecule has 2 aromatic carbocycles. The lowest BCUT2D eigenvalue weighted by atomic mass is 10.1. The van der Waals surface area contributed by atoms with Crippen LogP contribution in [-0.4, -0.2) is 16.6 Å². The largest absolute Gasteiger partial charge is 0.489 e. The molecule has 2 N–H and O–H groups in total. The summed E-state index contributed by atoms with van der Waals surface area (Å²) in [5.41, 5.74) is 4.13. The number of benzene rings is 2. The Kier molecular flexibility index (Phi) is 6.76. The fraction of sp³-hybridized carbons (Fsp3) is 0.227. The van der Waals surface area contributed by atoms with Gasteiger partial charge in [0, 0.05) is 37.0 Å². The third-order valence-electron chi connectivity index (χ3n) is 4.15. The van der Waals surface area contributed by atoms with E-state index < -0.39 is 0 Å². The Labute approximate surface area is 154 Å². The van der Waals surface area contributed by atoms with Gasteiger partial charge in [-0.2, -0.15) is 0 Å². The van der Waals surface area contributed by atoms with Crippen LogP contribution in [-0.2, 0) is 26.2 Å². The Bertz CT molecular complexity index is 792. The monoisotopic (exact) mass is 348 g/mol. The van der Waals surface area contributed by atoms with E-state index in [0.717, 1.165) is 47.6 Å². The molecule has 134 valence electrons. The Balaban J connectivity index is 1.51. The maximum Gasteiger partial charge on any atom is 0.125 e. The lowest BCUT2D eigenvalue weighted by Crippen LogP contribution is -2.17. The van der Waals surface area contributed by atoms with Crippen LogP contribution in [0.5, 0.6) is 5.75 Å². The van der Waals surface area contributed by atoms with Crippen molar-refractivity contribution >= 4 is 0 Å². The van der Waals surface area contributed by atoms with Gasteiger partial charge in [0.05, 0.1) is 6.61 Å². The topological polar surface area (TPSA) is 54.4 Å². The summed E-state index contributed by atoms with van der Waals surface area (Å²) in [5.74, 6) is 0.730. The van der Waals surface area contributed by atoms with Crippen molar-refractivity contribution in [1.29, 1.82) is 0 Å². The van der Waals surface area contributed by atoms with Crippen molar-refractivity contribution in [3.05, 3.63) is 95.3 Å². The second-order valence-corrected chi connectivity index (χ2v) is 6.12. The lowest BCUT2D eigenvalue weighted by Gasteiger charge is -2.12. The summed E-state index contributed by atoms with van der Waals surface area (Å²) in [4.78, 5) is 4.32. The molecule has 0 saturated heterocycles. The molecule has 4 heteroatoms. The number of aliphatic hydroxyl groups is 1. The van der Waals surface area contributed by atoms with Crippen LogP contribution >= 0.6 is 0 Å². The van der Waals surface area contributed by atoms with Gasteiger partial charge in [0.15, 0.2) is 0 Å². The Morgan fingerprint density at radius 2 is 1.77 bits per heavy atom. The molecular formula is C22H24N2O2. The molecule has 0 saturated carbocycles. The van der Waals surface area contributed by atoms with Crippen LogP contribution in [0.1, 0.15) is 22.4 Å². The number of nitrogens with one attached hydrogen (secondary N) is 1. The first kappa shape index (κ1) is 18.1. The minimum absolute atomic E-state index is 0.0358. The van der Waals surface area contributed by atoms with E-state index in [0.29, 0.717) is 6.61 Å². The van der Waals surface area contributed by atoms with Crippen LogP contribution in [0, 0.1) is 0 Å². The van der Waals surface area contributed by atoms with Gasteiger partial charge >= 0.3 is 0 Å². The highest BCUT2D eigenvalue weighted by Crippen LogP contribution is 2.21. The smallest absolute Gasteiger partial charge is 0.125 e. The first-order chi connectivity index (χ1) is 12.8. The predicted octanol–water partition coefficient (Wildman–Crippen LogP) is 3.49. The van der Waals surface area contributed by atoms with Gasteiger partial charge in [-0.15, -0.1) is 0 Å². The third kappa shape index (κ3) is 5.41. The maximum atomic E-state index is 9.65. The van der Waals surface area contributed by atoms with Gasteiger partial charge in [0.1, 0.15) is 12.4 Å². The summed E-state index contributed by atoms with van der Waals surface area (Å²) >= 11 is 0. The fourth-order valence-corrected chi connectivity index (χ4v) is 2.74. The highest BCUT2D eigenvalue weighted by Gasteiger charge is 2.05. The first-order valence-electron chi connectivity index (χ1n) is 8.85.